The first-order valence-electron chi connectivity index (χ1n) is 11.3. The fourth-order valence-electron chi connectivity index (χ4n) is 4.03. The number of hydrogen-bond acceptors (Lipinski definition) is 5. The van der Waals surface area contributed by atoms with Crippen LogP contribution in [0.1, 0.15) is 26.5 Å². The number of halogens is 1. The topological polar surface area (TPSA) is 113 Å². The van der Waals surface area contributed by atoms with E-state index in [1.54, 1.807) is 37.3 Å². The van der Waals surface area contributed by atoms with Crippen LogP contribution in [0.2, 0.25) is 0 Å². The van der Waals surface area contributed by atoms with Crippen LogP contribution in [0.15, 0.2) is 83.7 Å². The molecule has 0 saturated carbocycles. The molecule has 5 rings (SSSR count). The number of anilines is 3. The minimum atomic E-state index is -0.782. The van der Waals surface area contributed by atoms with Crippen molar-refractivity contribution in [3.63, 3.8) is 0 Å². The summed E-state index contributed by atoms with van der Waals surface area (Å²) in [6.07, 6.45) is 0. The SMILES string of the molecule is Cc1cc(=O)c(C(=O)Nc2ccc(C(=O)N3CC(=O)Nc4ccccc43)cc2)nn1-c1ccccc1F. The van der Waals surface area contributed by atoms with Gasteiger partial charge in [-0.25, -0.2) is 9.07 Å². The average molecular weight is 497 g/mol. The first kappa shape index (κ1) is 23.6. The summed E-state index contributed by atoms with van der Waals surface area (Å²) in [4.78, 5) is 51.9. The van der Waals surface area contributed by atoms with E-state index in [1.807, 2.05) is 0 Å². The van der Waals surface area contributed by atoms with E-state index in [0.29, 0.717) is 28.3 Å². The molecule has 9 nitrogen and oxygen atoms in total. The predicted molar refractivity (Wildman–Crippen MR) is 136 cm³/mol. The molecule has 0 aliphatic carbocycles. The number of nitrogens with one attached hydrogen (secondary N) is 2. The van der Waals surface area contributed by atoms with Crippen molar-refractivity contribution in [2.24, 2.45) is 0 Å². The van der Waals surface area contributed by atoms with Crippen LogP contribution < -0.4 is 21.0 Å². The van der Waals surface area contributed by atoms with Crippen LogP contribution in [-0.4, -0.2) is 34.0 Å². The van der Waals surface area contributed by atoms with Crippen molar-refractivity contribution >= 4 is 34.8 Å². The molecule has 0 radical (unpaired) electrons. The van der Waals surface area contributed by atoms with Crippen LogP contribution in [0.4, 0.5) is 21.5 Å². The van der Waals surface area contributed by atoms with E-state index in [1.165, 1.54) is 58.1 Å². The number of benzene rings is 3. The Hall–Kier alpha value is -5.12. The van der Waals surface area contributed by atoms with Gasteiger partial charge in [0.15, 0.2) is 5.69 Å². The molecule has 10 heteroatoms. The highest BCUT2D eigenvalue weighted by Gasteiger charge is 2.27. The number of carbonyl (C=O) groups excluding carboxylic acids is 3. The first-order valence-corrected chi connectivity index (χ1v) is 11.3. The smallest absolute Gasteiger partial charge is 0.280 e. The van der Waals surface area contributed by atoms with E-state index < -0.39 is 22.8 Å². The van der Waals surface area contributed by atoms with E-state index >= 15 is 0 Å². The van der Waals surface area contributed by atoms with Gasteiger partial charge in [0.2, 0.25) is 11.3 Å². The van der Waals surface area contributed by atoms with Gasteiger partial charge >= 0.3 is 0 Å². The van der Waals surface area contributed by atoms with E-state index in [2.05, 4.69) is 15.7 Å². The van der Waals surface area contributed by atoms with E-state index in [4.69, 9.17) is 0 Å². The van der Waals surface area contributed by atoms with E-state index in [9.17, 15) is 23.6 Å². The Kier molecular flexibility index (Phi) is 6.06. The molecule has 3 amide bonds. The predicted octanol–water partition coefficient (Wildman–Crippen LogP) is 3.53. The van der Waals surface area contributed by atoms with Gasteiger partial charge in [0.05, 0.1) is 11.4 Å². The molecule has 2 N–H and O–H groups in total. The Bertz CT molecular complexity index is 1610. The number of nitrogens with zero attached hydrogens (tertiary/aromatic N) is 3. The van der Waals surface area contributed by atoms with Gasteiger partial charge in [-0.3, -0.25) is 24.1 Å². The lowest BCUT2D eigenvalue weighted by Crippen LogP contribution is -2.42. The van der Waals surface area contributed by atoms with Gasteiger partial charge < -0.3 is 10.6 Å². The van der Waals surface area contributed by atoms with E-state index in [0.717, 1.165) is 0 Å². The molecule has 1 aliphatic rings. The summed E-state index contributed by atoms with van der Waals surface area (Å²) < 4.78 is 15.5. The van der Waals surface area contributed by atoms with Gasteiger partial charge in [0.1, 0.15) is 18.0 Å². The van der Waals surface area contributed by atoms with Crippen molar-refractivity contribution in [3.05, 3.63) is 112 Å². The summed E-state index contributed by atoms with van der Waals surface area (Å²) in [5.74, 6) is -2.02. The molecular weight excluding hydrogens is 477 g/mol. The van der Waals surface area contributed by atoms with Crippen molar-refractivity contribution in [1.29, 1.82) is 0 Å². The molecule has 2 heterocycles. The summed E-state index contributed by atoms with van der Waals surface area (Å²) in [5, 5.41) is 9.40. The maximum Gasteiger partial charge on any atom is 0.280 e. The minimum absolute atomic E-state index is 0.102. The Morgan fingerprint density at radius 2 is 1.62 bits per heavy atom. The molecule has 0 saturated heterocycles. The highest BCUT2D eigenvalue weighted by molar-refractivity contribution is 6.15. The molecule has 4 aromatic rings. The number of aromatic nitrogens is 2. The third-order valence-electron chi connectivity index (χ3n) is 5.81. The number of aryl methyl sites for hydroxylation is 1. The highest BCUT2D eigenvalue weighted by atomic mass is 19.1. The van der Waals surface area contributed by atoms with Crippen LogP contribution in [0.25, 0.3) is 5.69 Å². The Morgan fingerprint density at radius 3 is 2.35 bits per heavy atom. The van der Waals surface area contributed by atoms with E-state index in [-0.39, 0.29) is 24.0 Å². The minimum Gasteiger partial charge on any atom is -0.323 e. The second-order valence-corrected chi connectivity index (χ2v) is 8.35. The second kappa shape index (κ2) is 9.50. The number of hydrogen-bond donors (Lipinski definition) is 2. The number of amides is 3. The number of fused-ring (bicyclic) bond motifs is 1. The Balaban J connectivity index is 1.37. The van der Waals surface area contributed by atoms with Gasteiger partial charge in [-0.15, -0.1) is 0 Å². The molecule has 0 fully saturated rings. The standard InChI is InChI=1S/C27H20FN5O4/c1-16-14-23(34)25(31-33(16)21-8-4-2-6-19(21)28)26(36)29-18-12-10-17(11-13-18)27(37)32-15-24(35)30-20-7-3-5-9-22(20)32/h2-14H,15H2,1H3,(H,29,36)(H,30,35). The molecule has 0 bridgehead atoms. The zero-order valence-electron chi connectivity index (χ0n) is 19.6. The van der Waals surface area contributed by atoms with Crippen LogP contribution >= 0.6 is 0 Å². The van der Waals surface area contributed by atoms with Crippen LogP contribution in [-0.2, 0) is 4.79 Å². The quantitative estimate of drug-likeness (QED) is 0.448. The number of carbonyl (C=O) groups is 3. The fraction of sp³-hybridized carbons (Fsp3) is 0.0741. The maximum absolute atomic E-state index is 14.3. The molecule has 1 aromatic heterocycles. The Labute approximate surface area is 210 Å². The monoisotopic (exact) mass is 497 g/mol. The van der Waals surface area contributed by atoms with Gasteiger partial charge in [-0.2, -0.15) is 5.10 Å². The Morgan fingerprint density at radius 1 is 0.946 bits per heavy atom. The van der Waals surface area contributed by atoms with Gasteiger partial charge in [0.25, 0.3) is 11.8 Å². The summed E-state index contributed by atoms with van der Waals surface area (Å²) in [6, 6.07) is 20.1. The summed E-state index contributed by atoms with van der Waals surface area (Å²) in [6.45, 7) is 1.46. The maximum atomic E-state index is 14.3. The second-order valence-electron chi connectivity index (χ2n) is 8.35. The van der Waals surface area contributed by atoms with Crippen molar-refractivity contribution in [3.8, 4) is 5.69 Å². The average Bonchev–Trinajstić information content (AvgIpc) is 2.89. The van der Waals surface area contributed by atoms with Crippen LogP contribution in [0, 0.1) is 12.7 Å². The van der Waals surface area contributed by atoms with Crippen molar-refractivity contribution in [2.75, 3.05) is 22.1 Å². The molecule has 37 heavy (non-hydrogen) atoms. The lowest BCUT2D eigenvalue weighted by atomic mass is 10.1. The molecule has 0 unspecified atom stereocenters. The summed E-state index contributed by atoms with van der Waals surface area (Å²) in [5.41, 5.74) is 1.19. The van der Waals surface area contributed by atoms with Crippen LogP contribution in [0.3, 0.4) is 0 Å². The van der Waals surface area contributed by atoms with Crippen molar-refractivity contribution in [1.82, 2.24) is 9.78 Å². The molecule has 1 aliphatic heterocycles. The summed E-state index contributed by atoms with van der Waals surface area (Å²) >= 11 is 0. The third kappa shape index (κ3) is 4.59. The van der Waals surface area contributed by atoms with Crippen molar-refractivity contribution < 1.29 is 18.8 Å². The molecule has 184 valence electrons. The normalized spacial score (nSPS) is 12.5. The number of rotatable bonds is 4. The zero-order valence-corrected chi connectivity index (χ0v) is 19.6. The number of para-hydroxylation sites is 3. The molecule has 0 atom stereocenters. The molecule has 3 aromatic carbocycles. The van der Waals surface area contributed by atoms with Gasteiger partial charge in [-0.1, -0.05) is 24.3 Å². The fourth-order valence-corrected chi connectivity index (χ4v) is 4.03. The lowest BCUT2D eigenvalue weighted by molar-refractivity contribution is -0.115. The lowest BCUT2D eigenvalue weighted by Gasteiger charge is -2.29. The van der Waals surface area contributed by atoms with Gasteiger partial charge in [0, 0.05) is 23.0 Å². The van der Waals surface area contributed by atoms with Crippen molar-refractivity contribution in [2.45, 2.75) is 6.92 Å². The van der Waals surface area contributed by atoms with Crippen LogP contribution in [0.5, 0.6) is 0 Å². The van der Waals surface area contributed by atoms with Gasteiger partial charge in [-0.05, 0) is 55.5 Å². The summed E-state index contributed by atoms with van der Waals surface area (Å²) in [7, 11) is 0. The highest BCUT2D eigenvalue weighted by Crippen LogP contribution is 2.30. The molecular formula is C27H20FN5O4. The largest absolute Gasteiger partial charge is 0.323 e. The molecule has 0 spiro atoms. The third-order valence-corrected chi connectivity index (χ3v) is 5.81. The first-order chi connectivity index (χ1) is 17.8. The zero-order chi connectivity index (χ0) is 26.1.